The van der Waals surface area contributed by atoms with Crippen molar-refractivity contribution in [2.45, 2.75) is 113 Å². The molecular formula is C39H66N6O6. The first-order chi connectivity index (χ1) is 23.8. The van der Waals surface area contributed by atoms with E-state index in [-0.39, 0.29) is 51.9 Å². The molecule has 1 heterocycles. The number of hydrogen-bond acceptors (Lipinski definition) is 7. The van der Waals surface area contributed by atoms with E-state index in [1.807, 2.05) is 0 Å². The Morgan fingerprint density at radius 3 is 2.39 bits per heavy atom. The van der Waals surface area contributed by atoms with Gasteiger partial charge in [-0.15, -0.1) is 0 Å². The van der Waals surface area contributed by atoms with Gasteiger partial charge in [0.05, 0.1) is 25.7 Å². The number of allylic oxidation sites excluding steroid dienone is 1. The molecule has 3 saturated carbocycles. The van der Waals surface area contributed by atoms with Crippen molar-refractivity contribution < 1.29 is 28.9 Å². The summed E-state index contributed by atoms with van der Waals surface area (Å²) in [4.78, 5) is 27.8. The third kappa shape index (κ3) is 6.44. The summed E-state index contributed by atoms with van der Waals surface area (Å²) in [6.45, 7) is 20.0. The van der Waals surface area contributed by atoms with Gasteiger partial charge in [-0.05, 0) is 84.9 Å². The molecule has 2 bridgehead atoms. The van der Waals surface area contributed by atoms with Gasteiger partial charge in [0.1, 0.15) is 12.2 Å². The Bertz CT molecular complexity index is 1410. The largest absolute Gasteiger partial charge is 0.481 e. The van der Waals surface area contributed by atoms with E-state index in [1.165, 1.54) is 12.5 Å². The maximum atomic E-state index is 13.4. The summed E-state index contributed by atoms with van der Waals surface area (Å²) in [5.74, 6) is -0.477. The van der Waals surface area contributed by atoms with E-state index in [1.54, 1.807) is 4.90 Å². The maximum Gasteiger partial charge on any atom is 0.307 e. The number of nitrogens with two attached hydrogens (primary N) is 2. The molecule has 1 saturated heterocycles. The number of carboxylic acids is 1. The third-order valence-electron chi connectivity index (χ3n) is 15.3. The number of fused-ring (bicyclic) bond motifs is 3. The van der Waals surface area contributed by atoms with E-state index in [9.17, 15) is 14.7 Å². The lowest BCUT2D eigenvalue weighted by atomic mass is 9.34. The van der Waals surface area contributed by atoms with Crippen molar-refractivity contribution in [1.29, 1.82) is 10.8 Å². The number of aliphatic carboxylic acids is 1. The van der Waals surface area contributed by atoms with Gasteiger partial charge in [0.15, 0.2) is 11.9 Å². The van der Waals surface area contributed by atoms with Crippen molar-refractivity contribution in [3.63, 3.8) is 0 Å². The summed E-state index contributed by atoms with van der Waals surface area (Å²) in [7, 11) is 0. The number of esters is 1. The van der Waals surface area contributed by atoms with Crippen LogP contribution in [-0.4, -0.2) is 85.5 Å². The number of nitrogens with one attached hydrogen (secondary N) is 3. The number of carbonyl (C=O) groups excluding carboxylic acids is 1. The number of carboxylic acid groups (broad SMARTS) is 1. The van der Waals surface area contributed by atoms with Crippen LogP contribution in [0.5, 0.6) is 0 Å². The Morgan fingerprint density at radius 2 is 1.78 bits per heavy atom. The second-order valence-electron chi connectivity index (χ2n) is 18.1. The van der Waals surface area contributed by atoms with E-state index in [0.717, 1.165) is 25.7 Å². The zero-order valence-electron chi connectivity index (χ0n) is 32.4. The smallest absolute Gasteiger partial charge is 0.307 e. The highest BCUT2D eigenvalue weighted by molar-refractivity contribution is 5.75. The first-order valence-electron chi connectivity index (χ1n) is 19.3. The predicted octanol–water partition coefficient (Wildman–Crippen LogP) is 4.96. The molecule has 0 aromatic rings. The van der Waals surface area contributed by atoms with Crippen LogP contribution in [0.15, 0.2) is 11.6 Å². The lowest BCUT2D eigenvalue weighted by Gasteiger charge is -2.71. The van der Waals surface area contributed by atoms with E-state index in [0.29, 0.717) is 64.6 Å². The van der Waals surface area contributed by atoms with Crippen LogP contribution >= 0.6 is 0 Å². The van der Waals surface area contributed by atoms with Crippen LogP contribution < -0.4 is 16.8 Å². The molecule has 11 atom stereocenters. The van der Waals surface area contributed by atoms with Gasteiger partial charge < -0.3 is 41.0 Å². The molecule has 5 aliphatic rings. The highest BCUT2D eigenvalue weighted by atomic mass is 16.6. The fourth-order valence-electron chi connectivity index (χ4n) is 12.3. The topological polar surface area (TPSA) is 197 Å². The van der Waals surface area contributed by atoms with Gasteiger partial charge >= 0.3 is 11.9 Å². The minimum Gasteiger partial charge on any atom is -0.481 e. The molecule has 0 radical (unpaired) electrons. The van der Waals surface area contributed by atoms with E-state index < -0.39 is 34.9 Å². The average Bonchev–Trinajstić information content (AvgIpc) is 3.02. The summed E-state index contributed by atoms with van der Waals surface area (Å²) in [6, 6.07) is 0. The number of nitrogens with zero attached hydrogens (tertiary/aromatic N) is 1. The summed E-state index contributed by atoms with van der Waals surface area (Å²) < 4.78 is 19.5. The summed E-state index contributed by atoms with van der Waals surface area (Å²) in [5.41, 5.74) is 11.0. The van der Waals surface area contributed by atoms with Crippen LogP contribution in [0.25, 0.3) is 0 Å². The van der Waals surface area contributed by atoms with Crippen molar-refractivity contribution in [2.24, 2.45) is 68.1 Å². The first-order valence-corrected chi connectivity index (χ1v) is 19.3. The van der Waals surface area contributed by atoms with Crippen molar-refractivity contribution >= 4 is 23.9 Å². The van der Waals surface area contributed by atoms with Crippen LogP contribution in [0.2, 0.25) is 0 Å². The van der Waals surface area contributed by atoms with Crippen molar-refractivity contribution in [3.05, 3.63) is 11.6 Å². The van der Waals surface area contributed by atoms with E-state index in [2.05, 4.69) is 59.9 Å². The van der Waals surface area contributed by atoms with Gasteiger partial charge in [0.25, 0.3) is 0 Å². The lowest BCUT2D eigenvalue weighted by molar-refractivity contribution is -0.267. The normalized spacial score (nSPS) is 40.5. The van der Waals surface area contributed by atoms with Crippen LogP contribution in [0.3, 0.4) is 0 Å². The van der Waals surface area contributed by atoms with Crippen LogP contribution in [0.4, 0.5) is 0 Å². The van der Waals surface area contributed by atoms with Gasteiger partial charge in [-0.2, -0.15) is 0 Å². The Morgan fingerprint density at radius 1 is 1.08 bits per heavy atom. The standard InChI is InChI=1S/C39H66N6O6/c1-23(2)24(3)35(5)14-15-37(7)26-10-11-29-36(6)21-49-22-39(29,27(26)12-13-38(37,8)30(35)32(47)48)20-28(51-25(4)46)31(36)50-19-18-45(34(42)43)17-9-16-44-33(40)41/h12,23-24,26,28-31H,9-11,13-22H2,1-8H3,(H3,42,43)(H,47,48)(H4,40,41,44)/t24-,26+,28-,29+,30-,31+,35-,36+,37-,38+,39+/m1/s1. The molecule has 51 heavy (non-hydrogen) atoms. The molecule has 0 aromatic heterocycles. The second kappa shape index (κ2) is 14.2. The maximum absolute atomic E-state index is 13.4. The Hall–Kier alpha value is -2.86. The third-order valence-corrected chi connectivity index (χ3v) is 15.3. The van der Waals surface area contributed by atoms with Gasteiger partial charge in [-0.25, -0.2) is 0 Å². The number of rotatable bonds is 12. The number of hydrogen-bond donors (Lipinski definition) is 6. The minimum absolute atomic E-state index is 0.0530. The summed E-state index contributed by atoms with van der Waals surface area (Å²) >= 11 is 0. The molecule has 5 rings (SSSR count). The highest BCUT2D eigenvalue weighted by Crippen LogP contribution is 2.75. The fraction of sp³-hybridized carbons (Fsp3) is 0.846. The second-order valence-corrected chi connectivity index (χ2v) is 18.1. The molecular weight excluding hydrogens is 648 g/mol. The molecule has 4 fully saturated rings. The Kier molecular flexibility index (Phi) is 10.9. The highest BCUT2D eigenvalue weighted by Gasteiger charge is 2.72. The molecule has 8 N–H and O–H groups in total. The van der Waals surface area contributed by atoms with Crippen LogP contribution in [0.1, 0.15) is 100 Å². The monoisotopic (exact) mass is 715 g/mol. The van der Waals surface area contributed by atoms with Crippen LogP contribution in [-0.2, 0) is 23.8 Å². The molecule has 12 nitrogen and oxygen atoms in total. The molecule has 12 heteroatoms. The average molecular weight is 715 g/mol. The van der Waals surface area contributed by atoms with Gasteiger partial charge in [-0.3, -0.25) is 20.4 Å². The molecule has 0 spiro atoms. The summed E-state index contributed by atoms with van der Waals surface area (Å²) in [5, 5.41) is 29.3. The fourth-order valence-corrected chi connectivity index (χ4v) is 12.3. The van der Waals surface area contributed by atoms with Gasteiger partial charge in [0, 0.05) is 37.4 Å². The van der Waals surface area contributed by atoms with E-state index in [4.69, 9.17) is 36.5 Å². The van der Waals surface area contributed by atoms with Crippen molar-refractivity contribution in [1.82, 2.24) is 10.2 Å². The number of guanidine groups is 2. The Labute approximate surface area is 305 Å². The molecule has 0 aromatic carbocycles. The zero-order valence-corrected chi connectivity index (χ0v) is 32.4. The van der Waals surface area contributed by atoms with Crippen LogP contribution in [0, 0.1) is 67.5 Å². The van der Waals surface area contributed by atoms with E-state index >= 15 is 0 Å². The number of carbonyl (C=O) groups is 2. The molecule has 288 valence electrons. The number of ether oxygens (including phenoxy) is 3. The zero-order chi connectivity index (χ0) is 37.7. The molecule has 4 aliphatic carbocycles. The van der Waals surface area contributed by atoms with Gasteiger partial charge in [-0.1, -0.05) is 60.1 Å². The lowest BCUT2D eigenvalue weighted by Crippen LogP contribution is -2.70. The molecule has 1 aliphatic heterocycles. The van der Waals surface area contributed by atoms with Gasteiger partial charge in [0.2, 0.25) is 0 Å². The first kappa shape index (κ1) is 39.3. The van der Waals surface area contributed by atoms with Crippen molar-refractivity contribution in [2.75, 3.05) is 39.5 Å². The molecule has 0 unspecified atom stereocenters. The molecule has 0 amide bonds. The van der Waals surface area contributed by atoms with Crippen molar-refractivity contribution in [3.8, 4) is 0 Å². The SMILES string of the molecule is CC(=O)O[C@@H]1C[C@@]23COC[C@@](C)([C@@H]2CC[C@H]2C3=CC[C@@]3(C)[C@H](C(=O)O)[C@@](C)([C@H](C)C(C)C)CC[C@]23C)[C@H]1OCCN(CCCNC(=N)N)C(=N)N. The predicted molar refractivity (Wildman–Crippen MR) is 197 cm³/mol. The minimum atomic E-state index is -0.667. The summed E-state index contributed by atoms with van der Waals surface area (Å²) in [6.07, 6.45) is 7.31. The Balaban J connectivity index is 1.45. The quantitative estimate of drug-likeness (QED) is 0.0528.